The Hall–Kier alpha value is -0.870. The average molecular weight is 515 g/mol. The highest BCUT2D eigenvalue weighted by molar-refractivity contribution is 6.55. The molecule has 0 saturated carbocycles. The summed E-state index contributed by atoms with van der Waals surface area (Å²) in [4.78, 5) is 0. The van der Waals surface area contributed by atoms with E-state index in [9.17, 15) is 74.6 Å². The standard InChI is InChI=1S/C10HCl2F17/c11-2(12)1-3(13,14)4(15,16)5(17,18)6(19,20)7(21,22)8(23,24)9(25,26)10(27,28)29/h1H. The molecule has 174 valence electrons. The molecule has 0 aromatic carbocycles. The smallest absolute Gasteiger partial charge is 0.195 e. The van der Waals surface area contributed by atoms with Crippen molar-refractivity contribution < 1.29 is 74.6 Å². The molecule has 0 bridgehead atoms. The van der Waals surface area contributed by atoms with Crippen LogP contribution in [0.25, 0.3) is 0 Å². The van der Waals surface area contributed by atoms with Crippen LogP contribution in [-0.4, -0.2) is 47.6 Å². The maximum Gasteiger partial charge on any atom is 0.460 e. The molecule has 0 amide bonds. The summed E-state index contributed by atoms with van der Waals surface area (Å²) < 4.78 is 215. The van der Waals surface area contributed by atoms with Crippen molar-refractivity contribution in [2.24, 2.45) is 0 Å². The zero-order chi connectivity index (χ0) is 24.3. The Morgan fingerprint density at radius 1 is 0.414 bits per heavy atom. The van der Waals surface area contributed by atoms with E-state index in [-0.39, 0.29) is 0 Å². The first-order valence-corrected chi connectivity index (χ1v) is 6.67. The molecular weight excluding hydrogens is 514 g/mol. The van der Waals surface area contributed by atoms with Crippen LogP contribution in [0.3, 0.4) is 0 Å². The Bertz CT molecular complexity index is 639. The highest BCUT2D eigenvalue weighted by Gasteiger charge is 2.95. The maximum atomic E-state index is 13.2. The van der Waals surface area contributed by atoms with E-state index in [4.69, 9.17) is 0 Å². The molecular formula is C10HCl2F17. The van der Waals surface area contributed by atoms with Crippen molar-refractivity contribution in [2.45, 2.75) is 47.6 Å². The van der Waals surface area contributed by atoms with E-state index < -0.39 is 58.2 Å². The van der Waals surface area contributed by atoms with Gasteiger partial charge in [0.2, 0.25) is 0 Å². The van der Waals surface area contributed by atoms with Gasteiger partial charge in [-0.15, -0.1) is 0 Å². The summed E-state index contributed by atoms with van der Waals surface area (Å²) in [6.45, 7) is 0. The van der Waals surface area contributed by atoms with Gasteiger partial charge in [-0.3, -0.25) is 0 Å². The zero-order valence-corrected chi connectivity index (χ0v) is 13.8. The monoisotopic (exact) mass is 514 g/mol. The minimum atomic E-state index is -8.66. The number of rotatable bonds is 7. The quantitative estimate of drug-likeness (QED) is 0.312. The molecule has 0 aliphatic heterocycles. The van der Waals surface area contributed by atoms with Gasteiger partial charge in [0.25, 0.3) is 0 Å². The third-order valence-corrected chi connectivity index (χ3v) is 3.25. The summed E-state index contributed by atoms with van der Waals surface area (Å²) in [6.07, 6.45) is -9.42. The van der Waals surface area contributed by atoms with Crippen LogP contribution in [0.1, 0.15) is 0 Å². The molecule has 0 radical (unpaired) electrons. The van der Waals surface area contributed by atoms with Gasteiger partial charge in [-0.05, 0) is 0 Å². The first-order valence-electron chi connectivity index (χ1n) is 5.92. The largest absolute Gasteiger partial charge is 0.460 e. The van der Waals surface area contributed by atoms with E-state index in [2.05, 4.69) is 23.2 Å². The maximum absolute atomic E-state index is 13.2. The van der Waals surface area contributed by atoms with Gasteiger partial charge in [0.15, 0.2) is 0 Å². The Kier molecular flexibility index (Phi) is 6.87. The molecule has 0 heterocycles. The molecule has 0 aliphatic carbocycles. The van der Waals surface area contributed by atoms with E-state index in [0.717, 1.165) is 0 Å². The highest BCUT2D eigenvalue weighted by atomic mass is 35.5. The summed E-state index contributed by atoms with van der Waals surface area (Å²) >= 11 is 8.79. The van der Waals surface area contributed by atoms with Gasteiger partial charge in [0.05, 0.1) is 0 Å². The van der Waals surface area contributed by atoms with E-state index in [1.54, 1.807) is 0 Å². The fourth-order valence-corrected chi connectivity index (χ4v) is 1.68. The van der Waals surface area contributed by atoms with E-state index in [0.29, 0.717) is 0 Å². The second-order valence-electron chi connectivity index (χ2n) is 5.00. The van der Waals surface area contributed by atoms with E-state index in [1.165, 1.54) is 0 Å². The molecule has 0 nitrogen and oxygen atoms in total. The molecule has 0 rings (SSSR count). The third kappa shape index (κ3) is 3.80. The molecule has 0 aromatic heterocycles. The summed E-state index contributed by atoms with van der Waals surface area (Å²) in [5, 5.41) is 0. The Morgan fingerprint density at radius 3 is 0.897 bits per heavy atom. The van der Waals surface area contributed by atoms with Gasteiger partial charge in [0.1, 0.15) is 4.49 Å². The number of hydrogen-bond donors (Lipinski definition) is 0. The van der Waals surface area contributed by atoms with E-state index in [1.807, 2.05) is 0 Å². The molecule has 0 spiro atoms. The van der Waals surface area contributed by atoms with Crippen LogP contribution in [0, 0.1) is 0 Å². The molecule has 0 fully saturated rings. The predicted molar refractivity (Wildman–Crippen MR) is 60.5 cm³/mol. The fourth-order valence-electron chi connectivity index (χ4n) is 1.40. The van der Waals surface area contributed by atoms with Gasteiger partial charge < -0.3 is 0 Å². The van der Waals surface area contributed by atoms with Gasteiger partial charge >= 0.3 is 47.6 Å². The van der Waals surface area contributed by atoms with Crippen molar-refractivity contribution in [2.75, 3.05) is 0 Å². The molecule has 29 heavy (non-hydrogen) atoms. The molecule has 0 N–H and O–H groups in total. The average Bonchev–Trinajstić information content (AvgIpc) is 2.43. The number of hydrogen-bond acceptors (Lipinski definition) is 0. The van der Waals surface area contributed by atoms with Crippen LogP contribution in [0.5, 0.6) is 0 Å². The summed E-state index contributed by atoms with van der Waals surface area (Å²) in [5.41, 5.74) is 0. The summed E-state index contributed by atoms with van der Waals surface area (Å²) in [7, 11) is 0. The van der Waals surface area contributed by atoms with Crippen LogP contribution in [0.15, 0.2) is 10.6 Å². The summed E-state index contributed by atoms with van der Waals surface area (Å²) in [6, 6.07) is 0. The zero-order valence-electron chi connectivity index (χ0n) is 12.3. The second-order valence-corrected chi connectivity index (χ2v) is 6.01. The van der Waals surface area contributed by atoms with Crippen LogP contribution in [0.4, 0.5) is 74.6 Å². The van der Waals surface area contributed by atoms with Gasteiger partial charge in [-0.25, -0.2) is 0 Å². The Balaban J connectivity index is 6.77. The van der Waals surface area contributed by atoms with Crippen LogP contribution >= 0.6 is 23.2 Å². The topological polar surface area (TPSA) is 0 Å². The van der Waals surface area contributed by atoms with Gasteiger partial charge in [-0.2, -0.15) is 74.6 Å². The van der Waals surface area contributed by atoms with Crippen molar-refractivity contribution in [1.82, 2.24) is 0 Å². The lowest BCUT2D eigenvalue weighted by Crippen LogP contribution is -2.74. The number of halogens is 19. The van der Waals surface area contributed by atoms with Crippen molar-refractivity contribution in [3.8, 4) is 0 Å². The second kappa shape index (κ2) is 7.09. The normalized spacial score (nSPS) is 16.1. The van der Waals surface area contributed by atoms with Crippen molar-refractivity contribution in [1.29, 1.82) is 0 Å². The Morgan fingerprint density at radius 2 is 0.655 bits per heavy atom. The minimum absolute atomic E-state index is 1.64. The van der Waals surface area contributed by atoms with Crippen molar-refractivity contribution in [3.05, 3.63) is 10.6 Å². The first-order chi connectivity index (χ1) is 12.2. The minimum Gasteiger partial charge on any atom is -0.195 e. The van der Waals surface area contributed by atoms with Gasteiger partial charge in [0, 0.05) is 6.08 Å². The lowest BCUT2D eigenvalue weighted by atomic mass is 9.89. The molecule has 0 aliphatic rings. The van der Waals surface area contributed by atoms with Crippen molar-refractivity contribution in [3.63, 3.8) is 0 Å². The number of allylic oxidation sites excluding steroid dienone is 1. The molecule has 0 unspecified atom stereocenters. The highest BCUT2D eigenvalue weighted by Crippen LogP contribution is 2.64. The molecule has 0 saturated heterocycles. The SMILES string of the molecule is FC(F)(F)C(F)(F)C(F)(F)C(F)(F)C(F)(F)C(F)(F)C(F)(F)C(F)(F)C=C(Cl)Cl. The predicted octanol–water partition coefficient (Wildman–Crippen LogP) is 7.31. The number of alkyl halides is 17. The van der Waals surface area contributed by atoms with Crippen LogP contribution in [0.2, 0.25) is 0 Å². The summed E-state index contributed by atoms with van der Waals surface area (Å²) in [5.74, 6) is -56.9. The van der Waals surface area contributed by atoms with Crippen molar-refractivity contribution >= 4 is 23.2 Å². The lowest BCUT2D eigenvalue weighted by Gasteiger charge is -2.42. The molecule has 0 aromatic rings. The van der Waals surface area contributed by atoms with E-state index >= 15 is 0 Å². The molecule has 0 atom stereocenters. The lowest BCUT2D eigenvalue weighted by molar-refractivity contribution is -0.459. The van der Waals surface area contributed by atoms with Crippen LogP contribution in [-0.2, 0) is 0 Å². The van der Waals surface area contributed by atoms with Gasteiger partial charge in [-0.1, -0.05) is 23.2 Å². The first kappa shape index (κ1) is 28.1. The fraction of sp³-hybridized carbons (Fsp3) is 0.800. The third-order valence-electron chi connectivity index (χ3n) is 3.04. The Labute approximate surface area is 157 Å². The van der Waals surface area contributed by atoms with Crippen LogP contribution < -0.4 is 0 Å². The molecule has 19 heteroatoms.